The van der Waals surface area contributed by atoms with Crippen molar-refractivity contribution < 1.29 is 9.90 Å². The average Bonchev–Trinajstić information content (AvgIpc) is 2.30. The maximum Gasteiger partial charge on any atom is 0.386 e. The molecule has 0 N–H and O–H groups in total. The van der Waals surface area contributed by atoms with Gasteiger partial charge in [-0.2, -0.15) is 0 Å². The molecule has 1 radical (unpaired) electrons. The lowest BCUT2D eigenvalue weighted by Gasteiger charge is -2.04. The Labute approximate surface area is 87.8 Å². The smallest absolute Gasteiger partial charge is 0.241 e. The Kier molecular flexibility index (Phi) is 2.50. The van der Waals surface area contributed by atoms with E-state index in [9.17, 15) is 9.90 Å². The molecule has 0 atom stereocenters. The van der Waals surface area contributed by atoms with Crippen LogP contribution in [0.25, 0.3) is 11.1 Å². The third kappa shape index (κ3) is 1.89. The zero-order valence-electron chi connectivity index (χ0n) is 8.01. The molecule has 0 bridgehead atoms. The molecule has 0 saturated carbocycles. The minimum absolute atomic E-state index is 0.226. The molecule has 2 rings (SSSR count). The largest absolute Gasteiger partial charge is 0.386 e. The summed E-state index contributed by atoms with van der Waals surface area (Å²) in [7, 11) is 0. The first kappa shape index (κ1) is 9.46. The summed E-state index contributed by atoms with van der Waals surface area (Å²) in [5.41, 5.74) is 1.80. The van der Waals surface area contributed by atoms with Gasteiger partial charge in [-0.25, -0.2) is 9.90 Å². The minimum atomic E-state index is -1.14. The first-order chi connectivity index (χ1) is 7.29. The monoisotopic (exact) mass is 197 g/mol. The van der Waals surface area contributed by atoms with Gasteiger partial charge < -0.3 is 0 Å². The highest BCUT2D eigenvalue weighted by atomic mass is 16.4. The average molecular weight is 197 g/mol. The highest BCUT2D eigenvalue weighted by Crippen LogP contribution is 2.23. The lowest BCUT2D eigenvalue weighted by molar-refractivity contribution is 0.0574. The van der Waals surface area contributed by atoms with Crippen molar-refractivity contribution >= 4 is 5.97 Å². The van der Waals surface area contributed by atoms with E-state index in [0.717, 1.165) is 5.56 Å². The van der Waals surface area contributed by atoms with E-state index in [-0.39, 0.29) is 5.56 Å². The van der Waals surface area contributed by atoms with Crippen molar-refractivity contribution in [2.45, 2.75) is 0 Å². The van der Waals surface area contributed by atoms with Crippen LogP contribution in [0.15, 0.2) is 54.6 Å². The van der Waals surface area contributed by atoms with Crippen LogP contribution in [0.3, 0.4) is 0 Å². The second kappa shape index (κ2) is 3.96. The molecule has 2 heteroatoms. The summed E-state index contributed by atoms with van der Waals surface area (Å²) in [6.07, 6.45) is 0. The molecule has 2 aromatic carbocycles. The van der Waals surface area contributed by atoms with E-state index in [2.05, 4.69) is 0 Å². The van der Waals surface area contributed by atoms with Crippen molar-refractivity contribution in [3.8, 4) is 11.1 Å². The lowest BCUT2D eigenvalue weighted by Crippen LogP contribution is -1.97. The van der Waals surface area contributed by atoms with Gasteiger partial charge in [-0.05, 0) is 17.2 Å². The SMILES string of the molecule is [O]C(=O)c1ccccc1-c1ccccc1. The number of hydrogen-bond acceptors (Lipinski definition) is 1. The fraction of sp³-hybridized carbons (Fsp3) is 0. The van der Waals surface area contributed by atoms with Gasteiger partial charge >= 0.3 is 5.97 Å². The molecule has 0 aliphatic rings. The Morgan fingerprint density at radius 3 is 2.07 bits per heavy atom. The Hall–Kier alpha value is -2.09. The molecular formula is C13H9O2. The molecule has 0 saturated heterocycles. The van der Waals surface area contributed by atoms with Crippen LogP contribution in [0, 0.1) is 0 Å². The van der Waals surface area contributed by atoms with Gasteiger partial charge in [0.15, 0.2) is 0 Å². The number of benzene rings is 2. The van der Waals surface area contributed by atoms with Crippen molar-refractivity contribution in [2.24, 2.45) is 0 Å². The highest BCUT2D eigenvalue weighted by molar-refractivity contribution is 5.95. The topological polar surface area (TPSA) is 37.0 Å². The Balaban J connectivity index is 2.58. The maximum absolute atomic E-state index is 10.9. The fourth-order valence-corrected chi connectivity index (χ4v) is 1.53. The summed E-state index contributed by atoms with van der Waals surface area (Å²) in [6.45, 7) is 0. The van der Waals surface area contributed by atoms with Gasteiger partial charge in [-0.1, -0.05) is 48.5 Å². The van der Waals surface area contributed by atoms with E-state index in [0.29, 0.717) is 5.56 Å². The molecule has 15 heavy (non-hydrogen) atoms. The van der Waals surface area contributed by atoms with Gasteiger partial charge in [0.2, 0.25) is 0 Å². The number of carbonyl (C=O) groups excluding carboxylic acids is 1. The summed E-state index contributed by atoms with van der Waals surface area (Å²) in [5.74, 6) is -1.14. The molecule has 0 aliphatic heterocycles. The quantitative estimate of drug-likeness (QED) is 0.729. The van der Waals surface area contributed by atoms with E-state index >= 15 is 0 Å². The van der Waals surface area contributed by atoms with Crippen LogP contribution < -0.4 is 0 Å². The zero-order chi connectivity index (χ0) is 10.7. The number of hydrogen-bond donors (Lipinski definition) is 0. The van der Waals surface area contributed by atoms with E-state index < -0.39 is 5.97 Å². The summed E-state index contributed by atoms with van der Waals surface area (Å²) >= 11 is 0. The molecule has 0 spiro atoms. The van der Waals surface area contributed by atoms with Crippen molar-refractivity contribution in [1.29, 1.82) is 0 Å². The van der Waals surface area contributed by atoms with Crippen LogP contribution in [-0.4, -0.2) is 5.97 Å². The molecule has 0 aromatic heterocycles. The second-order valence-corrected chi connectivity index (χ2v) is 3.20. The van der Waals surface area contributed by atoms with Crippen LogP contribution >= 0.6 is 0 Å². The molecule has 0 amide bonds. The fourth-order valence-electron chi connectivity index (χ4n) is 1.53. The Morgan fingerprint density at radius 2 is 1.40 bits per heavy atom. The molecule has 2 nitrogen and oxygen atoms in total. The molecule has 0 fully saturated rings. The molecular weight excluding hydrogens is 188 g/mol. The minimum Gasteiger partial charge on any atom is -0.241 e. The molecule has 2 aromatic rings. The predicted octanol–water partition coefficient (Wildman–Crippen LogP) is 2.92. The van der Waals surface area contributed by atoms with Crippen molar-refractivity contribution in [1.82, 2.24) is 0 Å². The van der Waals surface area contributed by atoms with Crippen LogP contribution in [0.5, 0.6) is 0 Å². The zero-order valence-corrected chi connectivity index (χ0v) is 8.01. The van der Waals surface area contributed by atoms with Crippen molar-refractivity contribution in [3.05, 3.63) is 60.2 Å². The van der Waals surface area contributed by atoms with Gasteiger partial charge in [-0.15, -0.1) is 0 Å². The molecule has 0 heterocycles. The van der Waals surface area contributed by atoms with Crippen molar-refractivity contribution in [2.75, 3.05) is 0 Å². The van der Waals surface area contributed by atoms with Gasteiger partial charge in [-0.3, -0.25) is 0 Å². The summed E-state index contributed by atoms with van der Waals surface area (Å²) in [5, 5.41) is 10.9. The first-order valence-electron chi connectivity index (χ1n) is 4.65. The van der Waals surface area contributed by atoms with Crippen LogP contribution in [-0.2, 0) is 5.11 Å². The van der Waals surface area contributed by atoms with Crippen LogP contribution in [0.2, 0.25) is 0 Å². The van der Waals surface area contributed by atoms with E-state index in [1.165, 1.54) is 0 Å². The van der Waals surface area contributed by atoms with Crippen LogP contribution in [0.1, 0.15) is 10.4 Å². The predicted molar refractivity (Wildman–Crippen MR) is 56.9 cm³/mol. The van der Waals surface area contributed by atoms with Gasteiger partial charge in [0.05, 0.1) is 5.56 Å². The van der Waals surface area contributed by atoms with Crippen LogP contribution in [0.4, 0.5) is 0 Å². The summed E-state index contributed by atoms with van der Waals surface area (Å²) in [4.78, 5) is 10.9. The summed E-state index contributed by atoms with van der Waals surface area (Å²) in [6, 6.07) is 16.2. The standard InChI is InChI=1S/C13H9O2/c14-13(15)12-9-5-4-8-11(12)10-6-2-1-3-7-10/h1-9H. The third-order valence-electron chi connectivity index (χ3n) is 2.23. The van der Waals surface area contributed by atoms with Gasteiger partial charge in [0.25, 0.3) is 0 Å². The highest BCUT2D eigenvalue weighted by Gasteiger charge is 2.11. The normalized spacial score (nSPS) is 9.87. The third-order valence-corrected chi connectivity index (χ3v) is 2.23. The Morgan fingerprint density at radius 1 is 0.800 bits per heavy atom. The molecule has 0 unspecified atom stereocenters. The van der Waals surface area contributed by atoms with Gasteiger partial charge in [0, 0.05) is 0 Å². The first-order valence-corrected chi connectivity index (χ1v) is 4.65. The molecule has 73 valence electrons. The maximum atomic E-state index is 10.9. The van der Waals surface area contributed by atoms with E-state index in [4.69, 9.17) is 0 Å². The number of carbonyl (C=O) groups is 1. The van der Waals surface area contributed by atoms with Crippen molar-refractivity contribution in [3.63, 3.8) is 0 Å². The lowest BCUT2D eigenvalue weighted by atomic mass is 10.00. The second-order valence-electron chi connectivity index (χ2n) is 3.20. The Bertz CT molecular complexity index is 475. The van der Waals surface area contributed by atoms with E-state index in [1.807, 2.05) is 36.4 Å². The summed E-state index contributed by atoms with van der Waals surface area (Å²) < 4.78 is 0. The van der Waals surface area contributed by atoms with E-state index in [1.54, 1.807) is 18.2 Å². The number of rotatable bonds is 2. The molecule has 0 aliphatic carbocycles. The van der Waals surface area contributed by atoms with Gasteiger partial charge in [0.1, 0.15) is 0 Å².